The van der Waals surface area contributed by atoms with Gasteiger partial charge in [-0.15, -0.1) is 0 Å². The Morgan fingerprint density at radius 3 is 2.56 bits per heavy atom. The van der Waals surface area contributed by atoms with Crippen molar-refractivity contribution in [2.24, 2.45) is 0 Å². The van der Waals surface area contributed by atoms with Gasteiger partial charge in [-0.1, -0.05) is 23.7 Å². The summed E-state index contributed by atoms with van der Waals surface area (Å²) in [6.07, 6.45) is -0.458. The topological polar surface area (TPSA) is 74.3 Å². The van der Waals surface area contributed by atoms with Crippen LogP contribution in [0.4, 0.5) is 9.18 Å². The zero-order valence-corrected chi connectivity index (χ0v) is 20.7. The Kier molecular flexibility index (Phi) is 7.92. The van der Waals surface area contributed by atoms with Crippen molar-refractivity contribution < 1.29 is 32.9 Å². The van der Waals surface area contributed by atoms with Gasteiger partial charge in [-0.25, -0.2) is 14.0 Å². The Hall–Kier alpha value is -3.00. The standard InChI is InChI=1S/C25H29ClFNO6/c1-6-32-23(29)20-12-17-16(13-28(20)24(30)34-25(2,3)4)8-10-21(31-5)22(17)33-14-15-7-9-18(26)19(27)11-15/h7-11,20H,6,12-14H2,1-5H3/t20-/m0/s1. The molecule has 3 rings (SSSR count). The van der Waals surface area contributed by atoms with Crippen molar-refractivity contribution in [3.05, 3.63) is 57.9 Å². The lowest BCUT2D eigenvalue weighted by Gasteiger charge is -2.37. The summed E-state index contributed by atoms with van der Waals surface area (Å²) in [6.45, 7) is 7.35. The highest BCUT2D eigenvalue weighted by molar-refractivity contribution is 6.30. The summed E-state index contributed by atoms with van der Waals surface area (Å²) in [5.41, 5.74) is 1.35. The van der Waals surface area contributed by atoms with Crippen LogP contribution in [0.2, 0.25) is 5.02 Å². The van der Waals surface area contributed by atoms with E-state index >= 15 is 0 Å². The summed E-state index contributed by atoms with van der Waals surface area (Å²) < 4.78 is 36.2. The lowest BCUT2D eigenvalue weighted by molar-refractivity contribution is -0.150. The van der Waals surface area contributed by atoms with E-state index in [-0.39, 0.29) is 31.2 Å². The first-order chi connectivity index (χ1) is 16.0. The molecule has 0 fully saturated rings. The molecule has 1 aliphatic rings. The van der Waals surface area contributed by atoms with Crippen LogP contribution >= 0.6 is 11.6 Å². The van der Waals surface area contributed by atoms with Crippen molar-refractivity contribution in [2.45, 2.75) is 58.9 Å². The molecule has 0 saturated heterocycles. The van der Waals surface area contributed by atoms with Gasteiger partial charge in [-0.2, -0.15) is 0 Å². The zero-order valence-electron chi connectivity index (χ0n) is 19.9. The van der Waals surface area contributed by atoms with Crippen molar-refractivity contribution in [3.8, 4) is 11.5 Å². The number of benzene rings is 2. The van der Waals surface area contributed by atoms with E-state index in [4.69, 9.17) is 30.5 Å². The molecule has 1 aliphatic heterocycles. The van der Waals surface area contributed by atoms with E-state index in [1.165, 1.54) is 24.1 Å². The van der Waals surface area contributed by atoms with E-state index in [0.717, 1.165) is 5.56 Å². The van der Waals surface area contributed by atoms with Gasteiger partial charge in [0, 0.05) is 12.0 Å². The molecular formula is C25H29ClFNO6. The Labute approximate surface area is 203 Å². The Balaban J connectivity index is 1.96. The van der Waals surface area contributed by atoms with Crippen LogP contribution in [0.15, 0.2) is 30.3 Å². The number of ether oxygens (including phenoxy) is 4. The maximum Gasteiger partial charge on any atom is 0.411 e. The number of rotatable bonds is 6. The van der Waals surface area contributed by atoms with E-state index in [2.05, 4.69) is 0 Å². The third kappa shape index (κ3) is 5.91. The molecule has 0 aromatic heterocycles. The molecule has 0 radical (unpaired) electrons. The van der Waals surface area contributed by atoms with Crippen LogP contribution in [0.1, 0.15) is 44.4 Å². The summed E-state index contributed by atoms with van der Waals surface area (Å²) >= 11 is 5.77. The molecule has 2 aromatic carbocycles. The van der Waals surface area contributed by atoms with E-state index in [9.17, 15) is 14.0 Å². The van der Waals surface area contributed by atoms with Gasteiger partial charge < -0.3 is 18.9 Å². The molecular weight excluding hydrogens is 465 g/mol. The molecule has 34 heavy (non-hydrogen) atoms. The highest BCUT2D eigenvalue weighted by atomic mass is 35.5. The smallest absolute Gasteiger partial charge is 0.411 e. The van der Waals surface area contributed by atoms with Crippen LogP contribution in [-0.4, -0.2) is 42.3 Å². The minimum Gasteiger partial charge on any atom is -0.493 e. The maximum atomic E-state index is 13.9. The summed E-state index contributed by atoms with van der Waals surface area (Å²) in [5, 5.41) is 0.0259. The average Bonchev–Trinajstić information content (AvgIpc) is 2.77. The largest absolute Gasteiger partial charge is 0.493 e. The first-order valence-electron chi connectivity index (χ1n) is 11.0. The Bertz CT molecular complexity index is 1070. The SMILES string of the molecule is CCOC(=O)[C@@H]1Cc2c(ccc(OC)c2OCc2ccc(Cl)c(F)c2)CN1C(=O)OC(C)(C)C. The maximum absolute atomic E-state index is 13.9. The number of halogens is 2. The van der Waals surface area contributed by atoms with Gasteiger partial charge in [0.1, 0.15) is 24.1 Å². The number of hydrogen-bond donors (Lipinski definition) is 0. The molecule has 184 valence electrons. The second kappa shape index (κ2) is 10.5. The van der Waals surface area contributed by atoms with Gasteiger partial charge in [0.15, 0.2) is 11.5 Å². The van der Waals surface area contributed by atoms with Crippen LogP contribution in [0.3, 0.4) is 0 Å². The van der Waals surface area contributed by atoms with E-state index in [1.54, 1.807) is 39.8 Å². The molecule has 7 nitrogen and oxygen atoms in total. The minimum absolute atomic E-state index is 0.0259. The number of hydrogen-bond acceptors (Lipinski definition) is 6. The number of esters is 1. The van der Waals surface area contributed by atoms with Crippen molar-refractivity contribution in [2.75, 3.05) is 13.7 Å². The molecule has 1 atom stereocenters. The van der Waals surface area contributed by atoms with Gasteiger partial charge in [0.25, 0.3) is 0 Å². The van der Waals surface area contributed by atoms with Crippen molar-refractivity contribution in [1.29, 1.82) is 0 Å². The summed E-state index contributed by atoms with van der Waals surface area (Å²) in [7, 11) is 1.51. The van der Waals surface area contributed by atoms with Crippen molar-refractivity contribution >= 4 is 23.7 Å². The average molecular weight is 494 g/mol. The molecule has 1 heterocycles. The Morgan fingerprint density at radius 1 is 1.21 bits per heavy atom. The highest BCUT2D eigenvalue weighted by Gasteiger charge is 2.39. The number of methoxy groups -OCH3 is 1. The zero-order chi connectivity index (χ0) is 25.0. The van der Waals surface area contributed by atoms with Gasteiger partial charge >= 0.3 is 12.1 Å². The van der Waals surface area contributed by atoms with Crippen LogP contribution in [0.5, 0.6) is 11.5 Å². The number of carbonyl (C=O) groups excluding carboxylic acids is 2. The van der Waals surface area contributed by atoms with Gasteiger partial charge in [0.2, 0.25) is 0 Å². The predicted octanol–water partition coefficient (Wildman–Crippen LogP) is 5.29. The van der Waals surface area contributed by atoms with Gasteiger partial charge in [-0.05, 0) is 57.0 Å². The minimum atomic E-state index is -0.898. The first kappa shape index (κ1) is 25.6. The molecule has 0 N–H and O–H groups in total. The fraction of sp³-hybridized carbons (Fsp3) is 0.440. The fourth-order valence-corrected chi connectivity index (χ4v) is 3.80. The molecule has 0 unspecified atom stereocenters. The van der Waals surface area contributed by atoms with Gasteiger partial charge in [0.05, 0.1) is 25.3 Å². The van der Waals surface area contributed by atoms with Crippen molar-refractivity contribution in [3.63, 3.8) is 0 Å². The summed E-state index contributed by atoms with van der Waals surface area (Å²) in [5.74, 6) is -0.192. The van der Waals surface area contributed by atoms with E-state index in [1.807, 2.05) is 6.07 Å². The first-order valence-corrected chi connectivity index (χ1v) is 11.3. The monoisotopic (exact) mass is 493 g/mol. The molecule has 0 aliphatic carbocycles. The van der Waals surface area contributed by atoms with Gasteiger partial charge in [-0.3, -0.25) is 4.90 Å². The molecule has 1 amide bonds. The lowest BCUT2D eigenvalue weighted by Crippen LogP contribution is -2.50. The normalized spacial score (nSPS) is 15.4. The molecule has 0 saturated carbocycles. The van der Waals surface area contributed by atoms with Crippen LogP contribution in [-0.2, 0) is 33.8 Å². The quantitative estimate of drug-likeness (QED) is 0.509. The van der Waals surface area contributed by atoms with Crippen LogP contribution < -0.4 is 9.47 Å². The van der Waals surface area contributed by atoms with E-state index < -0.39 is 29.5 Å². The summed E-state index contributed by atoms with van der Waals surface area (Å²) in [6, 6.07) is 7.08. The van der Waals surface area contributed by atoms with Crippen LogP contribution in [0, 0.1) is 5.82 Å². The number of fused-ring (bicyclic) bond motifs is 1. The van der Waals surface area contributed by atoms with Crippen molar-refractivity contribution in [1.82, 2.24) is 4.90 Å². The second-order valence-electron chi connectivity index (χ2n) is 8.85. The number of amides is 1. The number of nitrogens with zero attached hydrogens (tertiary/aromatic N) is 1. The molecule has 2 aromatic rings. The molecule has 0 spiro atoms. The number of carbonyl (C=O) groups is 2. The molecule has 0 bridgehead atoms. The second-order valence-corrected chi connectivity index (χ2v) is 9.26. The third-order valence-electron chi connectivity index (χ3n) is 5.21. The predicted molar refractivity (Wildman–Crippen MR) is 125 cm³/mol. The Morgan fingerprint density at radius 2 is 1.94 bits per heavy atom. The fourth-order valence-electron chi connectivity index (χ4n) is 3.68. The highest BCUT2D eigenvalue weighted by Crippen LogP contribution is 2.39. The molecule has 9 heteroatoms. The third-order valence-corrected chi connectivity index (χ3v) is 5.52. The van der Waals surface area contributed by atoms with Crippen LogP contribution in [0.25, 0.3) is 0 Å². The lowest BCUT2D eigenvalue weighted by atomic mass is 9.92. The van der Waals surface area contributed by atoms with E-state index in [0.29, 0.717) is 22.6 Å². The summed E-state index contributed by atoms with van der Waals surface area (Å²) in [4.78, 5) is 27.1.